The van der Waals surface area contributed by atoms with Crippen molar-refractivity contribution in [3.05, 3.63) is 35.9 Å². The summed E-state index contributed by atoms with van der Waals surface area (Å²) in [5, 5.41) is 0. The molecule has 198 valence electrons. The highest BCUT2D eigenvalue weighted by atomic mass is 16.2. The van der Waals surface area contributed by atoms with Gasteiger partial charge in [-0.05, 0) is 64.1 Å². The molecule has 1 heterocycles. The topological polar surface area (TPSA) is 67.4 Å². The first-order valence-electron chi connectivity index (χ1n) is 13.3. The summed E-state index contributed by atoms with van der Waals surface area (Å²) in [6.07, 6.45) is 7.37. The van der Waals surface area contributed by atoms with Crippen LogP contribution >= 0.6 is 0 Å². The zero-order valence-corrected chi connectivity index (χ0v) is 22.7. The number of amides is 4. The Hall–Kier alpha value is -2.61. The number of benzene rings is 1. The molecule has 4 amide bonds. The van der Waals surface area contributed by atoms with Gasteiger partial charge in [-0.15, -0.1) is 0 Å². The van der Waals surface area contributed by atoms with E-state index in [1.54, 1.807) is 26.0 Å². The average Bonchev–Trinajstić information content (AvgIpc) is 3.07. The van der Waals surface area contributed by atoms with E-state index in [1.165, 1.54) is 34.6 Å². The van der Waals surface area contributed by atoms with E-state index < -0.39 is 0 Å². The molecule has 2 aliphatic carbocycles. The molecule has 0 unspecified atom stereocenters. The second kappa shape index (κ2) is 10.4. The van der Waals surface area contributed by atoms with Crippen LogP contribution in [0.5, 0.6) is 0 Å². The van der Waals surface area contributed by atoms with Gasteiger partial charge in [-0.2, -0.15) is 0 Å². The van der Waals surface area contributed by atoms with Gasteiger partial charge in [0.1, 0.15) is 6.54 Å². The van der Waals surface area contributed by atoms with E-state index in [0.29, 0.717) is 12.5 Å². The summed E-state index contributed by atoms with van der Waals surface area (Å²) in [5.74, 6) is 0.244. The van der Waals surface area contributed by atoms with Gasteiger partial charge in [0.25, 0.3) is 0 Å². The Morgan fingerprint density at radius 2 is 1.58 bits per heavy atom. The van der Waals surface area contributed by atoms with Crippen LogP contribution in [0, 0.1) is 5.92 Å². The van der Waals surface area contributed by atoms with E-state index in [0.717, 1.165) is 32.2 Å². The second-order valence-electron chi connectivity index (χ2n) is 11.6. The second-order valence-corrected chi connectivity index (χ2v) is 11.6. The first kappa shape index (κ1) is 26.5. The number of hydrogen-bond donors (Lipinski definition) is 0. The predicted octanol–water partition coefficient (Wildman–Crippen LogP) is 2.84. The van der Waals surface area contributed by atoms with Gasteiger partial charge in [-0.25, -0.2) is 4.79 Å². The van der Waals surface area contributed by atoms with E-state index in [2.05, 4.69) is 54.2 Å². The molecule has 0 radical (unpaired) electrons. The number of rotatable bonds is 8. The highest BCUT2D eigenvalue weighted by Gasteiger charge is 2.55. The van der Waals surface area contributed by atoms with Gasteiger partial charge < -0.3 is 19.6 Å². The normalized spacial score (nSPS) is 26.4. The minimum Gasteiger partial charge on any atom is -0.347 e. The molecule has 3 aliphatic rings. The van der Waals surface area contributed by atoms with Crippen LogP contribution in [-0.2, 0) is 15.1 Å². The lowest BCUT2D eigenvalue weighted by Gasteiger charge is -2.51. The van der Waals surface area contributed by atoms with E-state index in [-0.39, 0.29) is 42.0 Å². The first-order valence-corrected chi connectivity index (χ1v) is 13.3. The Balaban J connectivity index is 1.52. The maximum atomic E-state index is 13.7. The quantitative estimate of drug-likeness (QED) is 0.554. The summed E-state index contributed by atoms with van der Waals surface area (Å²) >= 11 is 0. The molecule has 0 bridgehead atoms. The number of urea groups is 1. The van der Waals surface area contributed by atoms with Gasteiger partial charge in [0.15, 0.2) is 0 Å². The largest absolute Gasteiger partial charge is 0.347 e. The fraction of sp³-hybridized carbons (Fsp3) is 0.679. The van der Waals surface area contributed by atoms with Crippen molar-refractivity contribution in [2.24, 2.45) is 5.92 Å². The number of carbonyl (C=O) groups excluding carboxylic acids is 3. The summed E-state index contributed by atoms with van der Waals surface area (Å²) in [6, 6.07) is 10.7. The lowest BCUT2D eigenvalue weighted by Crippen LogP contribution is -2.56. The molecule has 3 fully saturated rings. The summed E-state index contributed by atoms with van der Waals surface area (Å²) < 4.78 is 0. The SMILES string of the molecule is CN(C)C(=O)CN(C)C(=O)CN1C[C@]2(CC[C@](c3ccccc3)(N(C)C)CC2)N(CC2CCC2)C1=O. The van der Waals surface area contributed by atoms with Crippen molar-refractivity contribution in [1.82, 2.24) is 24.5 Å². The Bertz CT molecular complexity index is 951. The van der Waals surface area contributed by atoms with Crippen molar-refractivity contribution < 1.29 is 14.4 Å². The summed E-state index contributed by atoms with van der Waals surface area (Å²) in [4.78, 5) is 47.9. The van der Waals surface area contributed by atoms with Crippen LogP contribution in [0.3, 0.4) is 0 Å². The number of carbonyl (C=O) groups is 3. The Morgan fingerprint density at radius 3 is 2.11 bits per heavy atom. The van der Waals surface area contributed by atoms with Crippen LogP contribution in [0.4, 0.5) is 4.79 Å². The zero-order chi connectivity index (χ0) is 26.1. The summed E-state index contributed by atoms with van der Waals surface area (Å²) in [7, 11) is 9.32. The molecule has 8 heteroatoms. The molecule has 0 aromatic heterocycles. The Labute approximate surface area is 216 Å². The first-order chi connectivity index (χ1) is 17.1. The molecule has 1 aliphatic heterocycles. The average molecular weight is 498 g/mol. The van der Waals surface area contributed by atoms with Crippen LogP contribution in [0.1, 0.15) is 50.5 Å². The van der Waals surface area contributed by atoms with Crippen LogP contribution in [0.15, 0.2) is 30.3 Å². The molecule has 1 aromatic carbocycles. The molecule has 0 N–H and O–H groups in total. The van der Waals surface area contributed by atoms with Gasteiger partial charge in [0.05, 0.1) is 12.1 Å². The zero-order valence-electron chi connectivity index (χ0n) is 22.7. The molecular formula is C28H43N5O3. The molecule has 0 atom stereocenters. The third-order valence-electron chi connectivity index (χ3n) is 9.02. The number of hydrogen-bond acceptors (Lipinski definition) is 4. The predicted molar refractivity (Wildman–Crippen MR) is 140 cm³/mol. The Kier molecular flexibility index (Phi) is 7.64. The van der Waals surface area contributed by atoms with E-state index >= 15 is 0 Å². The molecule has 1 saturated heterocycles. The third-order valence-corrected chi connectivity index (χ3v) is 9.02. The van der Waals surface area contributed by atoms with E-state index in [4.69, 9.17) is 0 Å². The minimum atomic E-state index is -0.237. The van der Waals surface area contributed by atoms with Crippen LogP contribution < -0.4 is 0 Å². The van der Waals surface area contributed by atoms with Gasteiger partial charge >= 0.3 is 6.03 Å². The molecule has 1 spiro atoms. The lowest BCUT2D eigenvalue weighted by molar-refractivity contribution is -0.138. The van der Waals surface area contributed by atoms with Gasteiger partial charge in [0, 0.05) is 39.8 Å². The molecule has 1 aromatic rings. The number of likely N-dealkylation sites (N-methyl/N-ethyl adjacent to an activating group) is 2. The molecule has 8 nitrogen and oxygen atoms in total. The van der Waals surface area contributed by atoms with Crippen molar-refractivity contribution in [1.29, 1.82) is 0 Å². The van der Waals surface area contributed by atoms with Gasteiger partial charge in [-0.3, -0.25) is 14.5 Å². The smallest absolute Gasteiger partial charge is 0.321 e. The monoisotopic (exact) mass is 497 g/mol. The van der Waals surface area contributed by atoms with Gasteiger partial charge in [0.2, 0.25) is 11.8 Å². The van der Waals surface area contributed by atoms with Crippen LogP contribution in [-0.4, -0.2) is 109 Å². The molecular weight excluding hydrogens is 454 g/mol. The van der Waals surface area contributed by atoms with Gasteiger partial charge in [-0.1, -0.05) is 36.8 Å². The maximum Gasteiger partial charge on any atom is 0.321 e. The van der Waals surface area contributed by atoms with Crippen LogP contribution in [0.2, 0.25) is 0 Å². The molecule has 36 heavy (non-hydrogen) atoms. The van der Waals surface area contributed by atoms with Crippen molar-refractivity contribution in [2.75, 3.05) is 61.4 Å². The lowest BCUT2D eigenvalue weighted by atomic mass is 9.68. The fourth-order valence-electron chi connectivity index (χ4n) is 6.23. The highest BCUT2D eigenvalue weighted by Crippen LogP contribution is 2.49. The molecule has 4 rings (SSSR count). The van der Waals surface area contributed by atoms with E-state index in [1.807, 2.05) is 0 Å². The van der Waals surface area contributed by atoms with Crippen LogP contribution in [0.25, 0.3) is 0 Å². The maximum absolute atomic E-state index is 13.7. The van der Waals surface area contributed by atoms with E-state index in [9.17, 15) is 14.4 Å². The summed E-state index contributed by atoms with van der Waals surface area (Å²) in [6.45, 7) is 1.42. The summed E-state index contributed by atoms with van der Waals surface area (Å²) in [5.41, 5.74) is 1.05. The minimum absolute atomic E-state index is 0.0142. The van der Waals surface area contributed by atoms with Crippen molar-refractivity contribution in [3.63, 3.8) is 0 Å². The fourth-order valence-corrected chi connectivity index (χ4v) is 6.23. The van der Waals surface area contributed by atoms with Crippen molar-refractivity contribution in [3.8, 4) is 0 Å². The third kappa shape index (κ3) is 4.97. The highest BCUT2D eigenvalue weighted by molar-refractivity contribution is 5.88. The molecule has 2 saturated carbocycles. The van der Waals surface area contributed by atoms with Crippen molar-refractivity contribution >= 4 is 17.8 Å². The van der Waals surface area contributed by atoms with Crippen molar-refractivity contribution in [2.45, 2.75) is 56.0 Å². The Morgan fingerprint density at radius 1 is 0.944 bits per heavy atom. The number of nitrogens with zero attached hydrogens (tertiary/aromatic N) is 5. The standard InChI is InChI=1S/C28H43N5O3/c1-29(2)24(34)19-31(5)25(35)20-32-21-27(33(26(32)36)18-22-10-9-11-22)14-16-28(17-15-27,30(3)4)23-12-7-6-8-13-23/h6-8,12-13,22H,9-11,14-21H2,1-5H3/t27-,28+.